The van der Waals surface area contributed by atoms with Crippen LogP contribution in [-0.2, 0) is 15.1 Å². The van der Waals surface area contributed by atoms with E-state index in [1.807, 2.05) is 25.3 Å². The lowest BCUT2D eigenvalue weighted by Crippen LogP contribution is -2.38. The molecule has 2 aromatic rings. The molecule has 5 heteroatoms. The van der Waals surface area contributed by atoms with Crippen molar-refractivity contribution < 1.29 is 14.6 Å². The number of carbonyl (C=O) groups is 1. The van der Waals surface area contributed by atoms with Crippen LogP contribution >= 0.6 is 22.9 Å². The molecule has 0 radical (unpaired) electrons. The minimum atomic E-state index is -1.41. The molecule has 0 bridgehead atoms. The number of hydrogen-bond acceptors (Lipinski definition) is 4. The number of ether oxygens (including phenoxy) is 1. The van der Waals surface area contributed by atoms with Gasteiger partial charge in [0.1, 0.15) is 5.60 Å². The molecule has 22 heavy (non-hydrogen) atoms. The summed E-state index contributed by atoms with van der Waals surface area (Å²) in [5.74, 6) is -0.986. The number of hydrogen-bond donors (Lipinski definition) is 1. The van der Waals surface area contributed by atoms with Crippen LogP contribution in [0.15, 0.2) is 35.7 Å². The molecule has 1 aliphatic rings. The highest BCUT2D eigenvalue weighted by Gasteiger charge is 2.50. The molecule has 1 aromatic carbocycles. The molecule has 0 saturated carbocycles. The standard InChI is InChI=1S/C17H17ClO3S/c1-10-6-15(22-9-10)17(20,12-4-3-5-13(18)8-12)14-7-11(2)21-16(14)19/h3-6,8-9,11,14,20H,7H2,1-2H3. The summed E-state index contributed by atoms with van der Waals surface area (Å²) in [5.41, 5.74) is 0.267. The van der Waals surface area contributed by atoms with Crippen LogP contribution in [0.5, 0.6) is 0 Å². The van der Waals surface area contributed by atoms with Crippen molar-refractivity contribution in [3.63, 3.8) is 0 Å². The molecule has 1 fully saturated rings. The van der Waals surface area contributed by atoms with E-state index in [1.165, 1.54) is 11.3 Å². The van der Waals surface area contributed by atoms with E-state index in [2.05, 4.69) is 0 Å². The number of halogens is 1. The largest absolute Gasteiger partial charge is 0.462 e. The van der Waals surface area contributed by atoms with Gasteiger partial charge in [-0.3, -0.25) is 4.79 Å². The molecule has 1 N–H and O–H groups in total. The molecular formula is C17H17ClO3S. The Bertz CT molecular complexity index is 711. The molecular weight excluding hydrogens is 320 g/mol. The Balaban J connectivity index is 2.16. The monoisotopic (exact) mass is 336 g/mol. The lowest BCUT2D eigenvalue weighted by Gasteiger charge is -2.31. The van der Waals surface area contributed by atoms with E-state index in [1.54, 1.807) is 24.3 Å². The van der Waals surface area contributed by atoms with Crippen LogP contribution in [0.25, 0.3) is 0 Å². The SMILES string of the molecule is Cc1csc(C(O)(c2cccc(Cl)c2)C2CC(C)OC2=O)c1. The van der Waals surface area contributed by atoms with Gasteiger partial charge in [0.25, 0.3) is 0 Å². The van der Waals surface area contributed by atoms with Gasteiger partial charge in [-0.05, 0) is 48.6 Å². The van der Waals surface area contributed by atoms with Crippen molar-refractivity contribution >= 4 is 28.9 Å². The van der Waals surface area contributed by atoms with Crippen molar-refractivity contribution in [2.24, 2.45) is 5.92 Å². The van der Waals surface area contributed by atoms with E-state index < -0.39 is 11.5 Å². The number of benzene rings is 1. The third kappa shape index (κ3) is 2.56. The first-order chi connectivity index (χ1) is 10.4. The second-order valence-corrected chi connectivity index (χ2v) is 7.15. The van der Waals surface area contributed by atoms with Gasteiger partial charge < -0.3 is 9.84 Å². The van der Waals surface area contributed by atoms with Gasteiger partial charge in [0.15, 0.2) is 0 Å². The fraction of sp³-hybridized carbons (Fsp3) is 0.353. The van der Waals surface area contributed by atoms with E-state index in [0.29, 0.717) is 17.0 Å². The molecule has 1 aliphatic heterocycles. The topological polar surface area (TPSA) is 46.5 Å². The zero-order chi connectivity index (χ0) is 15.9. The predicted molar refractivity (Wildman–Crippen MR) is 87.2 cm³/mol. The van der Waals surface area contributed by atoms with Crippen molar-refractivity contribution in [2.45, 2.75) is 32.0 Å². The van der Waals surface area contributed by atoms with Gasteiger partial charge >= 0.3 is 5.97 Å². The maximum Gasteiger partial charge on any atom is 0.313 e. The molecule has 0 amide bonds. The van der Waals surface area contributed by atoms with E-state index in [4.69, 9.17) is 16.3 Å². The van der Waals surface area contributed by atoms with E-state index in [0.717, 1.165) is 10.4 Å². The smallest absolute Gasteiger partial charge is 0.313 e. The summed E-state index contributed by atoms with van der Waals surface area (Å²) in [7, 11) is 0. The Morgan fingerprint density at radius 3 is 2.73 bits per heavy atom. The Hall–Kier alpha value is -1.36. The minimum absolute atomic E-state index is 0.190. The molecule has 3 nitrogen and oxygen atoms in total. The molecule has 3 unspecified atom stereocenters. The molecule has 0 spiro atoms. The predicted octanol–water partition coefficient (Wildman–Crippen LogP) is 3.90. The molecule has 1 aromatic heterocycles. The molecule has 116 valence electrons. The number of esters is 1. The van der Waals surface area contributed by atoms with Crippen LogP contribution in [-0.4, -0.2) is 17.2 Å². The Morgan fingerprint density at radius 1 is 1.41 bits per heavy atom. The van der Waals surface area contributed by atoms with Crippen molar-refractivity contribution in [2.75, 3.05) is 0 Å². The van der Waals surface area contributed by atoms with Gasteiger partial charge in [-0.2, -0.15) is 0 Å². The van der Waals surface area contributed by atoms with Crippen LogP contribution in [0.4, 0.5) is 0 Å². The maximum absolute atomic E-state index is 12.3. The number of carbonyl (C=O) groups excluding carboxylic acids is 1. The molecule has 3 atom stereocenters. The number of cyclic esters (lactones) is 1. The van der Waals surface area contributed by atoms with Gasteiger partial charge in [-0.15, -0.1) is 11.3 Å². The highest BCUT2D eigenvalue weighted by Crippen LogP contribution is 2.45. The number of thiophene rings is 1. The van der Waals surface area contributed by atoms with Crippen molar-refractivity contribution in [3.05, 3.63) is 56.7 Å². The summed E-state index contributed by atoms with van der Waals surface area (Å²) in [6.45, 7) is 3.81. The number of rotatable bonds is 3. The highest BCUT2D eigenvalue weighted by molar-refractivity contribution is 7.10. The fourth-order valence-electron chi connectivity index (χ4n) is 2.97. The van der Waals surface area contributed by atoms with Gasteiger partial charge in [-0.25, -0.2) is 0 Å². The fourth-order valence-corrected chi connectivity index (χ4v) is 4.23. The van der Waals surface area contributed by atoms with Crippen LogP contribution in [0.2, 0.25) is 5.02 Å². The number of aryl methyl sites for hydroxylation is 1. The minimum Gasteiger partial charge on any atom is -0.462 e. The third-order valence-electron chi connectivity index (χ3n) is 4.04. The first-order valence-corrected chi connectivity index (χ1v) is 8.41. The highest BCUT2D eigenvalue weighted by atomic mass is 35.5. The summed E-state index contributed by atoms with van der Waals surface area (Å²) in [6.07, 6.45) is 0.294. The molecule has 1 saturated heterocycles. The van der Waals surface area contributed by atoms with Crippen molar-refractivity contribution in [1.82, 2.24) is 0 Å². The van der Waals surface area contributed by atoms with Crippen LogP contribution in [0.3, 0.4) is 0 Å². The third-order valence-corrected chi connectivity index (χ3v) is 5.45. The Labute approximate surface area is 138 Å². The second kappa shape index (κ2) is 5.69. The van der Waals surface area contributed by atoms with Gasteiger partial charge in [0, 0.05) is 16.3 Å². The number of aliphatic hydroxyl groups is 1. The average Bonchev–Trinajstić information content (AvgIpc) is 3.04. The zero-order valence-corrected chi connectivity index (χ0v) is 13.9. The Kier molecular flexibility index (Phi) is 4.02. The van der Waals surface area contributed by atoms with Crippen LogP contribution in [0.1, 0.15) is 29.3 Å². The normalized spacial score (nSPS) is 24.1. The first-order valence-electron chi connectivity index (χ1n) is 7.15. The summed E-state index contributed by atoms with van der Waals surface area (Å²) in [5, 5.41) is 14.0. The van der Waals surface area contributed by atoms with Gasteiger partial charge in [0.05, 0.1) is 12.0 Å². The maximum atomic E-state index is 12.3. The lowest BCUT2D eigenvalue weighted by atomic mass is 9.78. The molecule has 0 aliphatic carbocycles. The summed E-state index contributed by atoms with van der Waals surface area (Å²) in [6, 6.07) is 8.97. The van der Waals surface area contributed by atoms with E-state index >= 15 is 0 Å². The van der Waals surface area contributed by atoms with Gasteiger partial charge in [0.2, 0.25) is 0 Å². The van der Waals surface area contributed by atoms with E-state index in [9.17, 15) is 9.90 Å². The lowest BCUT2D eigenvalue weighted by molar-refractivity contribution is -0.149. The summed E-state index contributed by atoms with van der Waals surface area (Å²) < 4.78 is 5.27. The van der Waals surface area contributed by atoms with Crippen LogP contribution < -0.4 is 0 Å². The first kappa shape index (κ1) is 15.5. The van der Waals surface area contributed by atoms with Crippen LogP contribution in [0, 0.1) is 12.8 Å². The quantitative estimate of drug-likeness (QED) is 0.865. The van der Waals surface area contributed by atoms with Crippen molar-refractivity contribution in [3.8, 4) is 0 Å². The van der Waals surface area contributed by atoms with E-state index in [-0.39, 0.29) is 12.1 Å². The van der Waals surface area contributed by atoms with Gasteiger partial charge in [-0.1, -0.05) is 23.7 Å². The second-order valence-electron chi connectivity index (χ2n) is 5.80. The summed E-state index contributed by atoms with van der Waals surface area (Å²) >= 11 is 7.54. The summed E-state index contributed by atoms with van der Waals surface area (Å²) in [4.78, 5) is 13.0. The Morgan fingerprint density at radius 2 is 2.18 bits per heavy atom. The molecule has 2 heterocycles. The average molecular weight is 337 g/mol. The van der Waals surface area contributed by atoms with Crippen molar-refractivity contribution in [1.29, 1.82) is 0 Å². The molecule has 3 rings (SSSR count). The zero-order valence-electron chi connectivity index (χ0n) is 12.4.